The molecule has 1 aromatic heterocycles. The summed E-state index contributed by atoms with van der Waals surface area (Å²) in [4.78, 5) is 19.1. The Morgan fingerprint density at radius 3 is 2.64 bits per heavy atom. The van der Waals surface area contributed by atoms with Crippen molar-refractivity contribution in [3.63, 3.8) is 0 Å². The monoisotopic (exact) mass is 375 g/mol. The molecule has 0 atom stereocenters. The lowest BCUT2D eigenvalue weighted by molar-refractivity contribution is 0.0988. The molecule has 5 nitrogen and oxygen atoms in total. The zero-order valence-electron chi connectivity index (χ0n) is 16.5. The van der Waals surface area contributed by atoms with Crippen molar-refractivity contribution in [2.75, 3.05) is 23.4 Å². The van der Waals surface area contributed by atoms with Gasteiger partial charge in [-0.2, -0.15) is 0 Å². The van der Waals surface area contributed by atoms with Crippen molar-refractivity contribution >= 4 is 23.0 Å². The van der Waals surface area contributed by atoms with E-state index in [-0.39, 0.29) is 5.91 Å². The van der Waals surface area contributed by atoms with Gasteiger partial charge >= 0.3 is 0 Å². The van der Waals surface area contributed by atoms with Crippen LogP contribution in [0, 0.1) is 6.92 Å². The average molecular weight is 375 g/mol. The Balaban J connectivity index is 1.85. The van der Waals surface area contributed by atoms with E-state index in [4.69, 9.17) is 4.74 Å². The molecule has 28 heavy (non-hydrogen) atoms. The van der Waals surface area contributed by atoms with Gasteiger partial charge in [0.1, 0.15) is 5.75 Å². The summed E-state index contributed by atoms with van der Waals surface area (Å²) in [6.45, 7) is 7.09. The molecule has 1 N–H and O–H groups in total. The lowest BCUT2D eigenvalue weighted by Crippen LogP contribution is -2.30. The van der Waals surface area contributed by atoms with Gasteiger partial charge in [-0.15, -0.1) is 0 Å². The van der Waals surface area contributed by atoms with Crippen LogP contribution in [0.15, 0.2) is 67.0 Å². The molecule has 0 bridgehead atoms. The van der Waals surface area contributed by atoms with Gasteiger partial charge in [0, 0.05) is 18.4 Å². The second kappa shape index (κ2) is 9.04. The Kier molecular flexibility index (Phi) is 6.27. The minimum Gasteiger partial charge on any atom is -0.492 e. The molecule has 2 aromatic carbocycles. The maximum Gasteiger partial charge on any atom is 0.259 e. The van der Waals surface area contributed by atoms with Crippen LogP contribution < -0.4 is 15.0 Å². The first-order valence-corrected chi connectivity index (χ1v) is 9.44. The summed E-state index contributed by atoms with van der Waals surface area (Å²) in [5.41, 5.74) is 4.10. The summed E-state index contributed by atoms with van der Waals surface area (Å²) in [7, 11) is 0. The van der Waals surface area contributed by atoms with Gasteiger partial charge in [-0.1, -0.05) is 24.3 Å². The number of para-hydroxylation sites is 2. The maximum atomic E-state index is 13.1. The second-order valence-electron chi connectivity index (χ2n) is 6.40. The molecule has 144 valence electrons. The fourth-order valence-electron chi connectivity index (χ4n) is 3.03. The highest BCUT2D eigenvalue weighted by Gasteiger charge is 2.17. The lowest BCUT2D eigenvalue weighted by atomic mass is 10.1. The van der Waals surface area contributed by atoms with Gasteiger partial charge in [-0.05, 0) is 56.7 Å². The molecule has 0 fully saturated rings. The molecule has 0 aliphatic heterocycles. The minimum atomic E-state index is -0.0812. The number of rotatable bonds is 7. The number of aryl methyl sites for hydroxylation is 1. The van der Waals surface area contributed by atoms with Crippen molar-refractivity contribution < 1.29 is 9.53 Å². The van der Waals surface area contributed by atoms with Crippen LogP contribution in [0.4, 0.5) is 17.1 Å². The zero-order valence-corrected chi connectivity index (χ0v) is 16.5. The van der Waals surface area contributed by atoms with E-state index in [1.165, 1.54) is 0 Å². The first-order valence-electron chi connectivity index (χ1n) is 9.44. The first kappa shape index (κ1) is 19.4. The topological polar surface area (TPSA) is 54.5 Å². The Labute approximate surface area is 166 Å². The number of benzene rings is 2. The van der Waals surface area contributed by atoms with Gasteiger partial charge < -0.3 is 15.0 Å². The van der Waals surface area contributed by atoms with Gasteiger partial charge in [0.05, 0.1) is 29.7 Å². The van der Waals surface area contributed by atoms with Crippen molar-refractivity contribution in [1.29, 1.82) is 0 Å². The Bertz CT molecular complexity index is 956. The number of carbonyl (C=O) groups is 1. The molecule has 3 aromatic rings. The highest BCUT2D eigenvalue weighted by molar-refractivity contribution is 6.06. The van der Waals surface area contributed by atoms with Crippen LogP contribution in [0.2, 0.25) is 0 Å². The van der Waals surface area contributed by atoms with Crippen LogP contribution in [0.5, 0.6) is 5.75 Å². The fraction of sp³-hybridized carbons (Fsp3) is 0.217. The molecule has 1 amide bonds. The molecule has 5 heteroatoms. The third-order valence-electron chi connectivity index (χ3n) is 4.33. The first-order chi connectivity index (χ1) is 13.6. The molecule has 0 spiro atoms. The van der Waals surface area contributed by atoms with Crippen LogP contribution in [0.3, 0.4) is 0 Å². The predicted octanol–water partition coefficient (Wildman–Crippen LogP) is 5.20. The summed E-state index contributed by atoms with van der Waals surface area (Å²) in [6, 6.07) is 17.5. The number of nitrogens with zero attached hydrogens (tertiary/aromatic N) is 2. The van der Waals surface area contributed by atoms with E-state index in [0.717, 1.165) is 28.4 Å². The molecular weight excluding hydrogens is 350 g/mol. The molecule has 0 radical (unpaired) electrons. The lowest BCUT2D eigenvalue weighted by Gasteiger charge is -2.22. The highest BCUT2D eigenvalue weighted by atomic mass is 16.5. The van der Waals surface area contributed by atoms with Crippen LogP contribution in [-0.4, -0.2) is 24.0 Å². The van der Waals surface area contributed by atoms with Gasteiger partial charge in [0.15, 0.2) is 0 Å². The van der Waals surface area contributed by atoms with Crippen LogP contribution in [0.1, 0.15) is 29.8 Å². The van der Waals surface area contributed by atoms with Gasteiger partial charge in [-0.25, -0.2) is 0 Å². The normalized spacial score (nSPS) is 10.4. The van der Waals surface area contributed by atoms with Gasteiger partial charge in [0.2, 0.25) is 0 Å². The van der Waals surface area contributed by atoms with Gasteiger partial charge in [0.25, 0.3) is 5.91 Å². The number of hydrogen-bond acceptors (Lipinski definition) is 4. The van der Waals surface area contributed by atoms with E-state index < -0.39 is 0 Å². The van der Waals surface area contributed by atoms with E-state index in [2.05, 4.69) is 10.3 Å². The predicted molar refractivity (Wildman–Crippen MR) is 114 cm³/mol. The van der Waals surface area contributed by atoms with Crippen molar-refractivity contribution in [2.24, 2.45) is 0 Å². The zero-order chi connectivity index (χ0) is 19.9. The van der Waals surface area contributed by atoms with Crippen molar-refractivity contribution in [1.82, 2.24) is 4.98 Å². The third-order valence-corrected chi connectivity index (χ3v) is 4.33. The summed E-state index contributed by atoms with van der Waals surface area (Å²) in [6.07, 6.45) is 3.29. The fourth-order valence-corrected chi connectivity index (χ4v) is 3.03. The number of anilines is 3. The summed E-state index contributed by atoms with van der Waals surface area (Å²) in [5.74, 6) is 0.680. The van der Waals surface area contributed by atoms with Crippen LogP contribution in [0.25, 0.3) is 0 Å². The summed E-state index contributed by atoms with van der Waals surface area (Å²) >= 11 is 0. The molecule has 0 unspecified atom stereocenters. The Morgan fingerprint density at radius 2 is 1.89 bits per heavy atom. The quantitative estimate of drug-likeness (QED) is 0.617. The number of ether oxygens (including phenoxy) is 1. The van der Waals surface area contributed by atoms with Crippen molar-refractivity contribution in [2.45, 2.75) is 20.8 Å². The molecular formula is C23H25N3O2. The molecule has 0 aliphatic carbocycles. The third kappa shape index (κ3) is 4.49. The van der Waals surface area contributed by atoms with Crippen LogP contribution in [-0.2, 0) is 0 Å². The molecule has 0 saturated heterocycles. The molecule has 0 aliphatic rings. The number of amides is 1. The van der Waals surface area contributed by atoms with Crippen molar-refractivity contribution in [3.05, 3.63) is 78.1 Å². The van der Waals surface area contributed by atoms with Crippen LogP contribution >= 0.6 is 0 Å². The number of pyridine rings is 1. The SMILES string of the molecule is CCOc1ccccc1Nc1cncc(C(=O)N(CC)c2cccc(C)c2)c1. The largest absolute Gasteiger partial charge is 0.492 e. The average Bonchev–Trinajstić information content (AvgIpc) is 2.70. The number of carbonyl (C=O) groups excluding carboxylic acids is 1. The van der Waals surface area contributed by atoms with Gasteiger partial charge in [-0.3, -0.25) is 9.78 Å². The smallest absolute Gasteiger partial charge is 0.259 e. The Hall–Kier alpha value is -3.34. The highest BCUT2D eigenvalue weighted by Crippen LogP contribution is 2.28. The maximum absolute atomic E-state index is 13.1. The van der Waals surface area contributed by atoms with Crippen molar-refractivity contribution in [3.8, 4) is 5.75 Å². The number of nitrogens with one attached hydrogen (secondary N) is 1. The number of hydrogen-bond donors (Lipinski definition) is 1. The second-order valence-corrected chi connectivity index (χ2v) is 6.40. The summed E-state index contributed by atoms with van der Waals surface area (Å²) in [5, 5.41) is 3.30. The van der Waals surface area contributed by atoms with E-state index >= 15 is 0 Å². The van der Waals surface area contributed by atoms with E-state index in [0.29, 0.717) is 18.7 Å². The molecule has 1 heterocycles. The van der Waals surface area contributed by atoms with E-state index in [1.807, 2.05) is 75.4 Å². The minimum absolute atomic E-state index is 0.0812. The van der Waals surface area contributed by atoms with E-state index in [1.54, 1.807) is 17.3 Å². The molecule has 3 rings (SSSR count). The standard InChI is InChI=1S/C23H25N3O2/c1-4-26(20-10-8-9-17(3)13-20)23(27)18-14-19(16-24-15-18)25-21-11-6-7-12-22(21)28-5-2/h6-16,25H,4-5H2,1-3H3. The number of aromatic nitrogens is 1. The summed E-state index contributed by atoms with van der Waals surface area (Å²) < 4.78 is 5.65. The Morgan fingerprint density at radius 1 is 1.07 bits per heavy atom. The van der Waals surface area contributed by atoms with E-state index in [9.17, 15) is 4.79 Å². The molecule has 0 saturated carbocycles.